The van der Waals surface area contributed by atoms with E-state index in [-0.39, 0.29) is 18.9 Å². The van der Waals surface area contributed by atoms with Crippen molar-refractivity contribution in [2.75, 3.05) is 16.9 Å². The Balaban J connectivity index is 0.00000462. The molecule has 0 aromatic heterocycles. The Morgan fingerprint density at radius 1 is 0.878 bits per heavy atom. The van der Waals surface area contributed by atoms with Crippen LogP contribution in [-0.2, 0) is 17.9 Å². The van der Waals surface area contributed by atoms with Crippen LogP contribution in [0.1, 0.15) is 33.5 Å². The van der Waals surface area contributed by atoms with E-state index < -0.39 is 17.9 Å². The first-order valence-corrected chi connectivity index (χ1v) is 14.9. The van der Waals surface area contributed by atoms with Crippen LogP contribution in [0, 0.1) is 6.92 Å². The van der Waals surface area contributed by atoms with Gasteiger partial charge in [0, 0.05) is 29.4 Å². The molecule has 8 heteroatoms. The number of nitrogens with one attached hydrogen (secondary N) is 1. The van der Waals surface area contributed by atoms with Crippen molar-refractivity contribution in [3.05, 3.63) is 124 Å². The number of rotatable bonds is 12. The molecule has 0 fully saturated rings. The van der Waals surface area contributed by atoms with Crippen molar-refractivity contribution in [1.82, 2.24) is 5.32 Å². The molecular weight excluding hydrogens is 547 g/mol. The summed E-state index contributed by atoms with van der Waals surface area (Å²) in [6, 6.07) is 30.5. The second kappa shape index (κ2) is 15.7. The van der Waals surface area contributed by atoms with Crippen molar-refractivity contribution < 1.29 is 33.6 Å². The largest absolute Gasteiger partial charge is 1.00 e. The van der Waals surface area contributed by atoms with Gasteiger partial charge in [0.05, 0.1) is 12.0 Å². The zero-order chi connectivity index (χ0) is 28.5. The third-order valence-electron chi connectivity index (χ3n) is 6.73. The summed E-state index contributed by atoms with van der Waals surface area (Å²) in [4.78, 5) is 27.4. The summed E-state index contributed by atoms with van der Waals surface area (Å²) in [7, 11) is 0. The van der Waals surface area contributed by atoms with Gasteiger partial charge >= 0.3 is 18.9 Å². The van der Waals surface area contributed by atoms with Crippen molar-refractivity contribution in [3.8, 4) is 11.1 Å². The number of anilines is 1. The number of carboxylic acid groups (broad SMARTS) is 1. The van der Waals surface area contributed by atoms with Gasteiger partial charge in [0.15, 0.2) is 0 Å². The van der Waals surface area contributed by atoms with Crippen molar-refractivity contribution in [2.24, 2.45) is 0 Å². The molecule has 4 aromatic rings. The van der Waals surface area contributed by atoms with Crippen LogP contribution in [-0.4, -0.2) is 29.9 Å². The molecule has 1 N–H and O–H groups in total. The van der Waals surface area contributed by atoms with Gasteiger partial charge in [-0.05, 0) is 83.5 Å². The van der Waals surface area contributed by atoms with Gasteiger partial charge in [-0.1, -0.05) is 78.3 Å². The number of thioether (sulfide) groups is 1. The summed E-state index contributed by atoms with van der Waals surface area (Å²) in [6.45, 7) is 3.25. The third-order valence-corrected chi connectivity index (χ3v) is 7.61. The Morgan fingerprint density at radius 2 is 1.59 bits per heavy atom. The first kappa shape index (κ1) is 32.4. The second-order valence-corrected chi connectivity index (χ2v) is 11.1. The van der Waals surface area contributed by atoms with Crippen LogP contribution in [0.25, 0.3) is 11.1 Å². The number of carbonyl (C=O) groups excluding carboxylic acids is 2. The quantitative estimate of drug-likeness (QED) is 0.262. The fourth-order valence-electron chi connectivity index (χ4n) is 4.64. The number of carboxylic acids is 1. The van der Waals surface area contributed by atoms with Crippen LogP contribution >= 0.6 is 23.4 Å². The Hall–Kier alpha value is -3.14. The number of amides is 1. The van der Waals surface area contributed by atoms with Gasteiger partial charge in [0.1, 0.15) is 0 Å². The number of aliphatic carboxylic acids is 1. The zero-order valence-corrected chi connectivity index (χ0v) is 25.2. The maximum atomic E-state index is 13.4. The van der Waals surface area contributed by atoms with Gasteiger partial charge < -0.3 is 20.1 Å². The minimum atomic E-state index is -1.28. The van der Waals surface area contributed by atoms with Crippen molar-refractivity contribution in [1.29, 1.82) is 0 Å². The first-order valence-electron chi connectivity index (χ1n) is 13.1. The smallest absolute Gasteiger partial charge is 0.548 e. The van der Waals surface area contributed by atoms with Crippen molar-refractivity contribution >= 4 is 40.9 Å². The Morgan fingerprint density at radius 3 is 2.27 bits per heavy atom. The molecule has 0 heterocycles. The molecule has 4 aromatic carbocycles. The molecule has 1 atom stereocenters. The standard InChI is InChI=1S/C33H33ClN2O3S.Li/c1-23-9-6-7-14-28(23)30-19-25(15-16-29(30)32(37)35-31(33(38)39)17-18-40-2)22-36(21-24-10-4-3-5-11-24)27-13-8-12-26(34)20-27;/h3-16,19-20,31H,17-18,21-22H2,1-2H3,(H,35,37)(H,38,39);/q;+1/p-1. The predicted molar refractivity (Wildman–Crippen MR) is 164 cm³/mol. The van der Waals surface area contributed by atoms with E-state index in [1.807, 2.05) is 92.0 Å². The minimum Gasteiger partial charge on any atom is -0.548 e. The molecule has 0 saturated heterocycles. The normalized spacial score (nSPS) is 11.3. The van der Waals surface area contributed by atoms with E-state index >= 15 is 0 Å². The summed E-state index contributed by atoms with van der Waals surface area (Å²) in [6.07, 6.45) is 2.19. The average Bonchev–Trinajstić information content (AvgIpc) is 2.95. The summed E-state index contributed by atoms with van der Waals surface area (Å²) in [5, 5.41) is 15.1. The van der Waals surface area contributed by atoms with E-state index in [1.165, 1.54) is 11.8 Å². The Bertz CT molecular complexity index is 1470. The molecule has 0 bridgehead atoms. The maximum Gasteiger partial charge on any atom is 1.00 e. The van der Waals surface area contributed by atoms with Crippen LogP contribution < -0.4 is 34.2 Å². The molecule has 0 spiro atoms. The van der Waals surface area contributed by atoms with Crippen LogP contribution in [0.3, 0.4) is 0 Å². The number of benzene rings is 4. The molecule has 0 aliphatic heterocycles. The molecule has 0 radical (unpaired) electrons. The van der Waals surface area contributed by atoms with E-state index in [1.54, 1.807) is 6.07 Å². The molecular formula is C33H32ClLiN2O3S. The molecule has 4 rings (SSSR count). The van der Waals surface area contributed by atoms with Crippen LogP contribution in [0.15, 0.2) is 97.1 Å². The molecule has 206 valence electrons. The molecule has 41 heavy (non-hydrogen) atoms. The summed E-state index contributed by atoms with van der Waals surface area (Å²) >= 11 is 7.87. The Labute approximate surface area is 263 Å². The van der Waals surface area contributed by atoms with Gasteiger partial charge in [-0.15, -0.1) is 0 Å². The number of hydrogen-bond acceptors (Lipinski definition) is 5. The molecule has 0 aliphatic carbocycles. The predicted octanol–water partition coefficient (Wildman–Crippen LogP) is 3.13. The Kier molecular flexibility index (Phi) is 12.4. The maximum absolute atomic E-state index is 13.4. The van der Waals surface area contributed by atoms with E-state index in [9.17, 15) is 14.7 Å². The number of aryl methyl sites for hydroxylation is 1. The third kappa shape index (κ3) is 8.92. The number of nitrogens with zero attached hydrogens (tertiary/aromatic N) is 1. The van der Waals surface area contributed by atoms with Crippen molar-refractivity contribution in [2.45, 2.75) is 32.5 Å². The van der Waals surface area contributed by atoms with Crippen molar-refractivity contribution in [3.63, 3.8) is 0 Å². The fraction of sp³-hybridized carbons (Fsp3) is 0.212. The monoisotopic (exact) mass is 578 g/mol. The van der Waals surface area contributed by atoms with Crippen LogP contribution in [0.5, 0.6) is 0 Å². The summed E-state index contributed by atoms with van der Waals surface area (Å²) < 4.78 is 0. The van der Waals surface area contributed by atoms with Gasteiger partial charge in [-0.3, -0.25) is 4.79 Å². The van der Waals surface area contributed by atoms with E-state index in [2.05, 4.69) is 22.3 Å². The first-order chi connectivity index (χ1) is 19.4. The molecule has 0 saturated carbocycles. The summed E-state index contributed by atoms with van der Waals surface area (Å²) in [5.74, 6) is -1.12. The molecule has 1 unspecified atom stereocenters. The number of carbonyl (C=O) groups is 2. The van der Waals surface area contributed by atoms with Gasteiger partial charge in [0.2, 0.25) is 0 Å². The molecule has 0 aliphatic rings. The molecule has 1 amide bonds. The minimum absolute atomic E-state index is 0. The second-order valence-electron chi connectivity index (χ2n) is 9.64. The van der Waals surface area contributed by atoms with Gasteiger partial charge in [0.25, 0.3) is 5.91 Å². The van der Waals surface area contributed by atoms with E-state index in [4.69, 9.17) is 11.6 Å². The SMILES string of the molecule is CSCCC(NC(=O)c1ccc(CN(Cc2ccccc2)c2cccc(Cl)c2)cc1-c1ccccc1C)C(=O)[O-].[Li+]. The van der Waals surface area contributed by atoms with E-state index in [0.29, 0.717) is 35.8 Å². The number of halogens is 1. The van der Waals surface area contributed by atoms with Gasteiger partial charge in [-0.2, -0.15) is 11.8 Å². The van der Waals surface area contributed by atoms with Gasteiger partial charge in [-0.25, -0.2) is 0 Å². The summed E-state index contributed by atoms with van der Waals surface area (Å²) in [5.41, 5.74) is 6.26. The zero-order valence-electron chi connectivity index (χ0n) is 23.6. The fourth-order valence-corrected chi connectivity index (χ4v) is 5.30. The van der Waals surface area contributed by atoms with E-state index in [0.717, 1.165) is 33.5 Å². The average molecular weight is 579 g/mol. The number of hydrogen-bond donors (Lipinski definition) is 1. The molecule has 5 nitrogen and oxygen atoms in total. The topological polar surface area (TPSA) is 72.5 Å². The van der Waals surface area contributed by atoms with Crippen LogP contribution in [0.2, 0.25) is 5.02 Å². The van der Waals surface area contributed by atoms with Crippen LogP contribution in [0.4, 0.5) is 5.69 Å².